The lowest BCUT2D eigenvalue weighted by Crippen LogP contribution is -2.29. The predicted molar refractivity (Wildman–Crippen MR) is 106 cm³/mol. The Balaban J connectivity index is 2.08. The fraction of sp³-hybridized carbons (Fsp3) is 0.400. The molecule has 0 spiro atoms. The number of halogens is 1. The second-order valence-corrected chi connectivity index (χ2v) is 9.48. The van der Waals surface area contributed by atoms with Gasteiger partial charge in [-0.05, 0) is 63.9 Å². The van der Waals surface area contributed by atoms with Crippen LogP contribution >= 0.6 is 11.6 Å². The van der Waals surface area contributed by atoms with Crippen LogP contribution in [0.1, 0.15) is 44.4 Å². The van der Waals surface area contributed by atoms with E-state index in [1.54, 1.807) is 30.3 Å². The van der Waals surface area contributed by atoms with E-state index < -0.39 is 10.0 Å². The summed E-state index contributed by atoms with van der Waals surface area (Å²) >= 11 is 6.09. The molecule has 0 radical (unpaired) electrons. The summed E-state index contributed by atoms with van der Waals surface area (Å²) in [6, 6.07) is 14.3. The minimum absolute atomic E-state index is 0.255. The van der Waals surface area contributed by atoms with Gasteiger partial charge in [0.15, 0.2) is 0 Å². The molecular formula is C20H26ClNO3S. The highest BCUT2D eigenvalue weighted by atomic mass is 35.5. The molecule has 26 heavy (non-hydrogen) atoms. The van der Waals surface area contributed by atoms with Gasteiger partial charge in [-0.15, -0.1) is 0 Å². The number of hydrogen-bond donors (Lipinski definition) is 1. The first kappa shape index (κ1) is 20.9. The first-order valence-electron chi connectivity index (χ1n) is 8.56. The van der Waals surface area contributed by atoms with Crippen LogP contribution in [0.5, 0.6) is 0 Å². The summed E-state index contributed by atoms with van der Waals surface area (Å²) in [7, 11) is -3.54. The maximum absolute atomic E-state index is 12.4. The van der Waals surface area contributed by atoms with Crippen LogP contribution in [-0.4, -0.2) is 20.6 Å². The van der Waals surface area contributed by atoms with Crippen LogP contribution in [-0.2, 0) is 14.8 Å². The molecule has 0 bridgehead atoms. The van der Waals surface area contributed by atoms with Crippen molar-refractivity contribution in [2.24, 2.45) is 0 Å². The molecule has 1 N–H and O–H groups in total. The van der Waals surface area contributed by atoms with Crippen LogP contribution in [0.15, 0.2) is 53.4 Å². The Morgan fingerprint density at radius 1 is 1.12 bits per heavy atom. The Bertz CT molecular complexity index is 827. The molecule has 2 aromatic carbocycles. The minimum atomic E-state index is -3.54. The molecule has 142 valence electrons. The highest BCUT2D eigenvalue weighted by Crippen LogP contribution is 2.28. The standard InChI is InChI=1S/C20H26ClNO3S/c1-15-8-10-18(11-9-15)26(23,24)22-13-12-19(25-20(2,3)4)16-6-5-7-17(21)14-16/h5-11,14,19,22H,12-13H2,1-4H3. The van der Waals surface area contributed by atoms with Crippen molar-refractivity contribution in [3.8, 4) is 0 Å². The summed E-state index contributed by atoms with van der Waals surface area (Å²) < 4.78 is 33.6. The molecule has 0 fully saturated rings. The largest absolute Gasteiger partial charge is 0.368 e. The van der Waals surface area contributed by atoms with E-state index in [1.807, 2.05) is 45.9 Å². The van der Waals surface area contributed by atoms with Crippen molar-refractivity contribution in [2.45, 2.75) is 50.7 Å². The molecule has 2 rings (SSSR count). The molecule has 6 heteroatoms. The van der Waals surface area contributed by atoms with Crippen molar-refractivity contribution in [2.75, 3.05) is 6.54 Å². The molecule has 1 unspecified atom stereocenters. The lowest BCUT2D eigenvalue weighted by molar-refractivity contribution is -0.0643. The summed E-state index contributed by atoms with van der Waals surface area (Å²) in [6.45, 7) is 8.11. The molecular weight excluding hydrogens is 370 g/mol. The van der Waals surface area contributed by atoms with E-state index in [2.05, 4.69) is 4.72 Å². The van der Waals surface area contributed by atoms with E-state index in [4.69, 9.17) is 16.3 Å². The average molecular weight is 396 g/mol. The number of ether oxygens (including phenoxy) is 1. The number of aryl methyl sites for hydroxylation is 1. The topological polar surface area (TPSA) is 55.4 Å². The Kier molecular flexibility index (Phi) is 6.86. The Morgan fingerprint density at radius 3 is 2.35 bits per heavy atom. The number of rotatable bonds is 7. The van der Waals surface area contributed by atoms with E-state index in [9.17, 15) is 8.42 Å². The highest BCUT2D eigenvalue weighted by Gasteiger charge is 2.22. The Hall–Kier alpha value is -1.40. The highest BCUT2D eigenvalue weighted by molar-refractivity contribution is 7.89. The molecule has 0 saturated carbocycles. The van der Waals surface area contributed by atoms with Crippen molar-refractivity contribution < 1.29 is 13.2 Å². The third-order valence-corrected chi connectivity index (χ3v) is 5.46. The van der Waals surface area contributed by atoms with Crippen LogP contribution in [0.25, 0.3) is 0 Å². The van der Waals surface area contributed by atoms with Gasteiger partial charge in [-0.3, -0.25) is 0 Å². The fourth-order valence-electron chi connectivity index (χ4n) is 2.55. The second kappa shape index (κ2) is 8.53. The average Bonchev–Trinajstić information content (AvgIpc) is 2.53. The Morgan fingerprint density at radius 2 is 1.77 bits per heavy atom. The number of sulfonamides is 1. The van der Waals surface area contributed by atoms with Gasteiger partial charge in [-0.1, -0.05) is 41.4 Å². The van der Waals surface area contributed by atoms with Crippen molar-refractivity contribution in [3.63, 3.8) is 0 Å². The van der Waals surface area contributed by atoms with Gasteiger partial charge in [-0.2, -0.15) is 0 Å². The van der Waals surface area contributed by atoms with Crippen LogP contribution in [0, 0.1) is 6.92 Å². The van der Waals surface area contributed by atoms with Gasteiger partial charge in [0.05, 0.1) is 16.6 Å². The molecule has 0 aliphatic rings. The first-order valence-corrected chi connectivity index (χ1v) is 10.4. The van der Waals surface area contributed by atoms with E-state index in [0.717, 1.165) is 11.1 Å². The maximum Gasteiger partial charge on any atom is 0.240 e. The summed E-state index contributed by atoms with van der Waals surface area (Å²) in [6.07, 6.45) is 0.248. The molecule has 0 amide bonds. The smallest absolute Gasteiger partial charge is 0.240 e. The van der Waals surface area contributed by atoms with Crippen molar-refractivity contribution in [1.82, 2.24) is 4.72 Å². The van der Waals surface area contributed by atoms with Gasteiger partial charge in [0.1, 0.15) is 0 Å². The van der Waals surface area contributed by atoms with Gasteiger partial charge in [0.25, 0.3) is 0 Å². The zero-order chi connectivity index (χ0) is 19.4. The van der Waals surface area contributed by atoms with E-state index >= 15 is 0 Å². The van der Waals surface area contributed by atoms with Crippen LogP contribution < -0.4 is 4.72 Å². The summed E-state index contributed by atoms with van der Waals surface area (Å²) in [4.78, 5) is 0.263. The SMILES string of the molecule is Cc1ccc(S(=O)(=O)NCCC(OC(C)(C)C)c2cccc(Cl)c2)cc1. The van der Waals surface area contributed by atoms with E-state index in [1.165, 1.54) is 0 Å². The molecule has 2 aromatic rings. The van der Waals surface area contributed by atoms with Gasteiger partial charge < -0.3 is 4.74 Å². The van der Waals surface area contributed by atoms with Gasteiger partial charge >= 0.3 is 0 Å². The number of nitrogens with one attached hydrogen (secondary N) is 1. The normalized spacial score (nSPS) is 13.6. The molecule has 0 saturated heterocycles. The minimum Gasteiger partial charge on any atom is -0.368 e. The third kappa shape index (κ3) is 6.40. The summed E-state index contributed by atoms with van der Waals surface area (Å²) in [5.74, 6) is 0. The molecule has 0 heterocycles. The Labute approximate surface area is 161 Å². The quantitative estimate of drug-likeness (QED) is 0.727. The van der Waals surface area contributed by atoms with Crippen molar-refractivity contribution in [1.29, 1.82) is 0 Å². The van der Waals surface area contributed by atoms with Crippen LogP contribution in [0.2, 0.25) is 5.02 Å². The first-order chi connectivity index (χ1) is 12.1. The summed E-state index contributed by atoms with van der Waals surface area (Å²) in [5, 5.41) is 0.630. The van der Waals surface area contributed by atoms with E-state index in [-0.39, 0.29) is 23.1 Å². The molecule has 1 atom stereocenters. The molecule has 0 aliphatic carbocycles. The third-order valence-electron chi connectivity index (χ3n) is 3.75. The lowest BCUT2D eigenvalue weighted by atomic mass is 10.0. The fourth-order valence-corrected chi connectivity index (χ4v) is 3.80. The van der Waals surface area contributed by atoms with Crippen LogP contribution in [0.3, 0.4) is 0 Å². The zero-order valence-corrected chi connectivity index (χ0v) is 17.2. The zero-order valence-electron chi connectivity index (χ0n) is 15.6. The second-order valence-electron chi connectivity index (χ2n) is 7.27. The number of hydrogen-bond acceptors (Lipinski definition) is 3. The van der Waals surface area contributed by atoms with E-state index in [0.29, 0.717) is 11.4 Å². The molecule has 4 nitrogen and oxygen atoms in total. The van der Waals surface area contributed by atoms with Crippen LogP contribution in [0.4, 0.5) is 0 Å². The predicted octanol–water partition coefficient (Wildman–Crippen LogP) is 4.87. The molecule has 0 aromatic heterocycles. The van der Waals surface area contributed by atoms with Gasteiger partial charge in [-0.25, -0.2) is 13.1 Å². The number of benzene rings is 2. The molecule has 0 aliphatic heterocycles. The van der Waals surface area contributed by atoms with Gasteiger partial charge in [0, 0.05) is 11.6 Å². The summed E-state index contributed by atoms with van der Waals surface area (Å²) in [5.41, 5.74) is 1.59. The van der Waals surface area contributed by atoms with Gasteiger partial charge in [0.2, 0.25) is 10.0 Å². The maximum atomic E-state index is 12.4. The lowest BCUT2D eigenvalue weighted by Gasteiger charge is -2.28. The van der Waals surface area contributed by atoms with Crippen molar-refractivity contribution in [3.05, 3.63) is 64.7 Å². The van der Waals surface area contributed by atoms with Crippen molar-refractivity contribution >= 4 is 21.6 Å². The monoisotopic (exact) mass is 395 g/mol.